The second-order valence-corrected chi connectivity index (χ2v) is 9.66. The molecule has 0 spiro atoms. The molecule has 2 aliphatic rings. The van der Waals surface area contributed by atoms with Crippen molar-refractivity contribution in [1.82, 2.24) is 5.32 Å². The van der Waals surface area contributed by atoms with E-state index in [2.05, 4.69) is 5.32 Å². The standard InChI is InChI=1S/C28H26ClFN4O4/c29-23-14-20(7-10-24(23)31)34-27(16-1-5-19(30)6-2-16)22-9-3-17-13-18(4-8-21(17)26(22)33-34)28(37)32-11-12-38-15-25(35)36/h1-2,4-8,10,13-14,22,27H,3,9,11-12,15,31H2,(H,32,37)(H,35,36). The number of hydrogen-bond acceptors (Lipinski definition) is 6. The molecule has 1 amide bonds. The van der Waals surface area contributed by atoms with Crippen LogP contribution in [0.1, 0.15) is 39.5 Å². The van der Waals surface area contributed by atoms with Crippen molar-refractivity contribution in [2.24, 2.45) is 11.0 Å². The number of carbonyl (C=O) groups is 2. The summed E-state index contributed by atoms with van der Waals surface area (Å²) in [5, 5.41) is 18.7. The number of carboxylic acids is 1. The summed E-state index contributed by atoms with van der Waals surface area (Å²) in [6, 6.07) is 17.3. The van der Waals surface area contributed by atoms with Gasteiger partial charge in [-0.25, -0.2) is 9.18 Å². The highest BCUT2D eigenvalue weighted by atomic mass is 35.5. The molecular weight excluding hydrogens is 511 g/mol. The van der Waals surface area contributed by atoms with Gasteiger partial charge in [-0.15, -0.1) is 0 Å². The highest BCUT2D eigenvalue weighted by Crippen LogP contribution is 2.46. The number of nitrogens with zero attached hydrogens (tertiary/aromatic N) is 2. The molecule has 8 nitrogen and oxygen atoms in total. The number of carbonyl (C=O) groups excluding carboxylic acids is 1. The van der Waals surface area contributed by atoms with Gasteiger partial charge < -0.3 is 20.9 Å². The molecule has 0 fully saturated rings. The molecule has 0 saturated heterocycles. The average molecular weight is 537 g/mol. The van der Waals surface area contributed by atoms with E-state index in [0.29, 0.717) is 16.3 Å². The molecule has 3 aromatic carbocycles. The second-order valence-electron chi connectivity index (χ2n) is 9.25. The minimum absolute atomic E-state index is 0.0513. The van der Waals surface area contributed by atoms with Gasteiger partial charge in [0, 0.05) is 23.6 Å². The summed E-state index contributed by atoms with van der Waals surface area (Å²) in [4.78, 5) is 23.2. The summed E-state index contributed by atoms with van der Waals surface area (Å²) < 4.78 is 18.7. The topological polar surface area (TPSA) is 117 Å². The Hall–Kier alpha value is -3.95. The molecule has 0 aromatic heterocycles. The van der Waals surface area contributed by atoms with Crippen LogP contribution in [-0.2, 0) is 16.0 Å². The minimum Gasteiger partial charge on any atom is -0.480 e. The zero-order valence-corrected chi connectivity index (χ0v) is 21.1. The molecular formula is C28H26ClFN4O4. The van der Waals surface area contributed by atoms with Crippen LogP contribution in [0.15, 0.2) is 65.8 Å². The van der Waals surface area contributed by atoms with Gasteiger partial charge in [0.05, 0.1) is 34.8 Å². The highest BCUT2D eigenvalue weighted by molar-refractivity contribution is 6.33. The number of rotatable bonds is 8. The summed E-state index contributed by atoms with van der Waals surface area (Å²) in [6.07, 6.45) is 1.54. The summed E-state index contributed by atoms with van der Waals surface area (Å²) in [7, 11) is 0. The van der Waals surface area contributed by atoms with Crippen molar-refractivity contribution in [2.75, 3.05) is 30.5 Å². The maximum atomic E-state index is 13.7. The number of aryl methyl sites for hydroxylation is 1. The van der Waals surface area contributed by atoms with Crippen LogP contribution in [0.25, 0.3) is 0 Å². The van der Waals surface area contributed by atoms with Gasteiger partial charge in [0.15, 0.2) is 0 Å². The maximum absolute atomic E-state index is 13.7. The predicted octanol–water partition coefficient (Wildman–Crippen LogP) is 4.42. The number of nitrogens with one attached hydrogen (secondary N) is 1. The highest BCUT2D eigenvalue weighted by Gasteiger charge is 2.42. The number of benzene rings is 3. The number of anilines is 2. The lowest BCUT2D eigenvalue weighted by molar-refractivity contribution is -0.142. The summed E-state index contributed by atoms with van der Waals surface area (Å²) in [6.45, 7) is -0.0931. The lowest BCUT2D eigenvalue weighted by Crippen LogP contribution is -2.30. The normalized spacial score (nSPS) is 17.9. The first-order valence-electron chi connectivity index (χ1n) is 12.2. The number of nitrogen functional groups attached to an aromatic ring is 1. The maximum Gasteiger partial charge on any atom is 0.329 e. The first kappa shape index (κ1) is 25.7. The number of hydrazone groups is 1. The molecule has 5 rings (SSSR count). The predicted molar refractivity (Wildman–Crippen MR) is 143 cm³/mol. The molecule has 196 valence electrons. The molecule has 4 N–H and O–H groups in total. The molecule has 1 aliphatic carbocycles. The van der Waals surface area contributed by atoms with Crippen LogP contribution in [0.3, 0.4) is 0 Å². The Labute approximate surface area is 223 Å². The zero-order chi connectivity index (χ0) is 26.8. The minimum atomic E-state index is -1.06. The summed E-state index contributed by atoms with van der Waals surface area (Å²) in [5.74, 6) is -1.57. The van der Waals surface area contributed by atoms with Gasteiger partial charge in [-0.1, -0.05) is 29.8 Å². The van der Waals surface area contributed by atoms with Crippen molar-refractivity contribution in [3.05, 3.63) is 93.8 Å². The van der Waals surface area contributed by atoms with Crippen LogP contribution in [-0.4, -0.2) is 42.5 Å². The lowest BCUT2D eigenvalue weighted by atomic mass is 9.77. The van der Waals surface area contributed by atoms with E-state index in [-0.39, 0.29) is 36.8 Å². The number of nitrogens with two attached hydrogens (primary N) is 1. The molecule has 1 aliphatic heterocycles. The van der Waals surface area contributed by atoms with Gasteiger partial charge in [-0.2, -0.15) is 5.10 Å². The third kappa shape index (κ3) is 5.20. The number of hydrogen-bond donors (Lipinski definition) is 3. The van der Waals surface area contributed by atoms with E-state index in [4.69, 9.17) is 32.3 Å². The van der Waals surface area contributed by atoms with Gasteiger partial charge in [0.25, 0.3) is 5.91 Å². The van der Waals surface area contributed by atoms with E-state index in [1.807, 2.05) is 23.2 Å². The molecule has 1 heterocycles. The lowest BCUT2D eigenvalue weighted by Gasteiger charge is -2.31. The molecule has 2 atom stereocenters. The fourth-order valence-electron chi connectivity index (χ4n) is 5.03. The van der Waals surface area contributed by atoms with E-state index in [1.54, 1.807) is 30.3 Å². The number of halogens is 2. The number of ether oxygens (including phenoxy) is 1. The third-order valence-corrected chi connectivity index (χ3v) is 7.12. The Morgan fingerprint density at radius 1 is 1.16 bits per heavy atom. The smallest absolute Gasteiger partial charge is 0.329 e. The van der Waals surface area contributed by atoms with E-state index < -0.39 is 12.6 Å². The van der Waals surface area contributed by atoms with Gasteiger partial charge in [0.2, 0.25) is 0 Å². The average Bonchev–Trinajstić information content (AvgIpc) is 3.30. The molecule has 10 heteroatoms. The summed E-state index contributed by atoms with van der Waals surface area (Å²) >= 11 is 6.33. The molecule has 38 heavy (non-hydrogen) atoms. The van der Waals surface area contributed by atoms with Gasteiger partial charge >= 0.3 is 5.97 Å². The number of amides is 1. The van der Waals surface area contributed by atoms with Crippen LogP contribution >= 0.6 is 11.6 Å². The van der Waals surface area contributed by atoms with Crippen LogP contribution in [0.4, 0.5) is 15.8 Å². The van der Waals surface area contributed by atoms with Gasteiger partial charge in [-0.3, -0.25) is 9.80 Å². The van der Waals surface area contributed by atoms with Crippen molar-refractivity contribution in [2.45, 2.75) is 18.9 Å². The van der Waals surface area contributed by atoms with Crippen molar-refractivity contribution in [3.63, 3.8) is 0 Å². The Bertz CT molecular complexity index is 1410. The molecule has 2 unspecified atom stereocenters. The largest absolute Gasteiger partial charge is 0.480 e. The van der Waals surface area contributed by atoms with E-state index >= 15 is 0 Å². The Balaban J connectivity index is 1.42. The SMILES string of the molecule is Nc1ccc(N2N=C3c4ccc(C(=O)NCCOCC(=O)O)cc4CCC3C2c2ccc(F)cc2)cc1Cl. The fourth-order valence-corrected chi connectivity index (χ4v) is 5.21. The van der Waals surface area contributed by atoms with Crippen molar-refractivity contribution < 1.29 is 23.8 Å². The van der Waals surface area contributed by atoms with E-state index in [1.165, 1.54) is 12.1 Å². The summed E-state index contributed by atoms with van der Waals surface area (Å²) in [5.41, 5.74) is 11.5. The van der Waals surface area contributed by atoms with Crippen LogP contribution in [0.2, 0.25) is 5.02 Å². The van der Waals surface area contributed by atoms with Crippen molar-refractivity contribution in [1.29, 1.82) is 0 Å². The van der Waals surface area contributed by atoms with Crippen molar-refractivity contribution >= 4 is 40.6 Å². The molecule has 0 radical (unpaired) electrons. The van der Waals surface area contributed by atoms with E-state index in [9.17, 15) is 14.0 Å². The molecule has 0 saturated carbocycles. The Morgan fingerprint density at radius 2 is 1.95 bits per heavy atom. The fraction of sp³-hybridized carbons (Fsp3) is 0.250. The molecule has 0 bridgehead atoms. The first-order valence-corrected chi connectivity index (χ1v) is 12.6. The van der Waals surface area contributed by atoms with Crippen molar-refractivity contribution in [3.8, 4) is 0 Å². The second kappa shape index (κ2) is 10.8. The van der Waals surface area contributed by atoms with Crippen LogP contribution < -0.4 is 16.1 Å². The first-order chi connectivity index (χ1) is 18.3. The van der Waals surface area contributed by atoms with Gasteiger partial charge in [0.1, 0.15) is 12.4 Å². The van der Waals surface area contributed by atoms with Crippen LogP contribution in [0, 0.1) is 11.7 Å². The number of fused-ring (bicyclic) bond motifs is 3. The number of carboxylic acid groups (broad SMARTS) is 1. The number of aliphatic carboxylic acids is 1. The van der Waals surface area contributed by atoms with E-state index in [0.717, 1.165) is 40.9 Å². The Kier molecular flexibility index (Phi) is 7.31. The monoisotopic (exact) mass is 536 g/mol. The zero-order valence-electron chi connectivity index (χ0n) is 20.4. The van der Waals surface area contributed by atoms with Crippen LogP contribution in [0.5, 0.6) is 0 Å². The third-order valence-electron chi connectivity index (χ3n) is 6.80. The van der Waals surface area contributed by atoms with Gasteiger partial charge in [-0.05, 0) is 66.4 Å². The quantitative estimate of drug-likeness (QED) is 0.290. The Morgan fingerprint density at radius 3 is 2.68 bits per heavy atom. The molecule has 3 aromatic rings.